The highest BCUT2D eigenvalue weighted by atomic mass is 16.4. The third kappa shape index (κ3) is 4.03. The molecule has 2 aromatic carbocycles. The molecule has 3 aromatic rings. The Hall–Kier alpha value is -4.46. The lowest BCUT2D eigenvalue weighted by Crippen LogP contribution is -2.37. The highest BCUT2D eigenvalue weighted by molar-refractivity contribution is 5.60. The summed E-state index contributed by atoms with van der Waals surface area (Å²) in [6.45, 7) is 11.2. The molecule has 0 saturated carbocycles. The van der Waals surface area contributed by atoms with Gasteiger partial charge < -0.3 is 4.42 Å². The molecule has 1 heterocycles. The lowest BCUT2D eigenvalue weighted by Gasteiger charge is -2.33. The molecule has 0 amide bonds. The van der Waals surface area contributed by atoms with Gasteiger partial charge in [0.25, 0.3) is 0 Å². The van der Waals surface area contributed by atoms with Gasteiger partial charge in [-0.15, -0.1) is 10.2 Å². The van der Waals surface area contributed by atoms with Crippen molar-refractivity contribution < 1.29 is 4.42 Å². The third-order valence-corrected chi connectivity index (χ3v) is 6.48. The number of nitrogens with zero attached hydrogens (tertiary/aromatic N) is 6. The van der Waals surface area contributed by atoms with E-state index in [4.69, 9.17) is 4.42 Å². The Balaban J connectivity index is 1.92. The zero-order chi connectivity index (χ0) is 26.1. The SMILES string of the molecule is CC(C)(C)C(C#N)(C#N)c1ccc(-c2nnc(-c3ccc(C(C#N)(C#N)C(C)(C)C)cc3)o2)cc1. The summed E-state index contributed by atoms with van der Waals surface area (Å²) in [7, 11) is 0. The predicted molar refractivity (Wildman–Crippen MR) is 130 cm³/mol. The summed E-state index contributed by atoms with van der Waals surface area (Å²) in [6, 6.07) is 22.7. The lowest BCUT2D eigenvalue weighted by molar-refractivity contribution is 0.305. The molecule has 0 radical (unpaired) electrons. The van der Waals surface area contributed by atoms with Crippen molar-refractivity contribution in [3.8, 4) is 47.2 Å². The van der Waals surface area contributed by atoms with Crippen molar-refractivity contribution >= 4 is 0 Å². The topological polar surface area (TPSA) is 134 Å². The highest BCUT2D eigenvalue weighted by Crippen LogP contribution is 2.42. The number of hydrogen-bond donors (Lipinski definition) is 0. The van der Waals surface area contributed by atoms with Crippen LogP contribution in [0.4, 0.5) is 0 Å². The van der Waals surface area contributed by atoms with Crippen LogP contribution in [-0.4, -0.2) is 10.2 Å². The van der Waals surface area contributed by atoms with E-state index >= 15 is 0 Å². The number of benzene rings is 2. The van der Waals surface area contributed by atoms with E-state index in [1.54, 1.807) is 48.5 Å². The minimum atomic E-state index is -1.29. The largest absolute Gasteiger partial charge is 0.416 e. The van der Waals surface area contributed by atoms with Crippen LogP contribution in [0.15, 0.2) is 52.9 Å². The smallest absolute Gasteiger partial charge is 0.248 e. The van der Waals surface area contributed by atoms with Crippen molar-refractivity contribution in [2.75, 3.05) is 0 Å². The second-order valence-corrected chi connectivity index (χ2v) is 10.5. The van der Waals surface area contributed by atoms with Crippen molar-refractivity contribution in [1.82, 2.24) is 10.2 Å². The van der Waals surface area contributed by atoms with Crippen LogP contribution >= 0.6 is 0 Å². The van der Waals surface area contributed by atoms with Crippen LogP contribution in [0.3, 0.4) is 0 Å². The second-order valence-electron chi connectivity index (χ2n) is 10.5. The van der Waals surface area contributed by atoms with Crippen LogP contribution in [0.2, 0.25) is 0 Å². The molecular formula is C28H26N6O. The molecule has 0 aliphatic carbocycles. The first-order valence-corrected chi connectivity index (χ1v) is 11.1. The zero-order valence-corrected chi connectivity index (χ0v) is 20.7. The summed E-state index contributed by atoms with van der Waals surface area (Å²) < 4.78 is 5.86. The molecule has 0 unspecified atom stereocenters. The molecule has 0 aliphatic rings. The summed E-state index contributed by atoms with van der Waals surface area (Å²) in [6.07, 6.45) is 0. The Morgan fingerprint density at radius 1 is 0.543 bits per heavy atom. The Kier molecular flexibility index (Phi) is 6.27. The molecule has 0 aliphatic heterocycles. The van der Waals surface area contributed by atoms with Gasteiger partial charge in [0.1, 0.15) is 0 Å². The maximum absolute atomic E-state index is 9.78. The van der Waals surface area contributed by atoms with Gasteiger partial charge in [0.15, 0.2) is 10.8 Å². The normalized spacial score (nSPS) is 12.2. The molecule has 0 atom stereocenters. The van der Waals surface area contributed by atoms with Crippen LogP contribution in [0.25, 0.3) is 22.9 Å². The van der Waals surface area contributed by atoms with E-state index in [1.165, 1.54) is 0 Å². The summed E-state index contributed by atoms with van der Waals surface area (Å²) in [5, 5.41) is 47.4. The maximum Gasteiger partial charge on any atom is 0.248 e. The zero-order valence-electron chi connectivity index (χ0n) is 20.7. The van der Waals surface area contributed by atoms with Gasteiger partial charge in [0, 0.05) is 11.1 Å². The number of hydrogen-bond acceptors (Lipinski definition) is 7. The minimum absolute atomic E-state index is 0.295. The van der Waals surface area contributed by atoms with Gasteiger partial charge in [0.2, 0.25) is 11.8 Å². The molecular weight excluding hydrogens is 436 g/mol. The molecule has 0 spiro atoms. The van der Waals surface area contributed by atoms with E-state index in [0.29, 0.717) is 34.0 Å². The predicted octanol–water partition coefficient (Wildman–Crippen LogP) is 6.07. The molecule has 174 valence electrons. The Labute approximate surface area is 205 Å². The maximum atomic E-state index is 9.78. The van der Waals surface area contributed by atoms with Crippen LogP contribution in [0, 0.1) is 56.2 Å². The van der Waals surface area contributed by atoms with Gasteiger partial charge >= 0.3 is 0 Å². The summed E-state index contributed by atoms with van der Waals surface area (Å²) >= 11 is 0. The molecule has 35 heavy (non-hydrogen) atoms. The third-order valence-electron chi connectivity index (χ3n) is 6.48. The standard InChI is InChI=1S/C28H26N6O/c1-25(2,3)27(15-29,16-30)21-11-7-19(8-12-21)23-33-34-24(35-23)20-9-13-22(14-10-20)28(17-31,18-32)26(4,5)6/h7-14H,1-6H3. The van der Waals surface area contributed by atoms with E-state index in [9.17, 15) is 21.0 Å². The first-order valence-electron chi connectivity index (χ1n) is 11.1. The monoisotopic (exact) mass is 462 g/mol. The Morgan fingerprint density at radius 3 is 1.06 bits per heavy atom. The fourth-order valence-corrected chi connectivity index (χ4v) is 4.03. The average Bonchev–Trinajstić information content (AvgIpc) is 3.31. The quantitative estimate of drug-likeness (QED) is 0.459. The Morgan fingerprint density at radius 2 is 0.829 bits per heavy atom. The molecule has 0 fully saturated rings. The van der Waals surface area contributed by atoms with E-state index in [2.05, 4.69) is 34.5 Å². The number of nitriles is 4. The first kappa shape index (κ1) is 25.2. The molecule has 0 N–H and O–H groups in total. The molecule has 3 rings (SSSR count). The molecule has 0 bridgehead atoms. The van der Waals surface area contributed by atoms with Gasteiger partial charge in [0.05, 0.1) is 24.3 Å². The number of aromatic nitrogens is 2. The molecule has 1 aromatic heterocycles. The van der Waals surface area contributed by atoms with Gasteiger partial charge in [-0.05, 0) is 46.2 Å². The van der Waals surface area contributed by atoms with Gasteiger partial charge in [-0.1, -0.05) is 65.8 Å². The molecule has 7 heteroatoms. The fourth-order valence-electron chi connectivity index (χ4n) is 4.03. The minimum Gasteiger partial charge on any atom is -0.416 e. The van der Waals surface area contributed by atoms with Gasteiger partial charge in [-0.2, -0.15) is 21.0 Å². The van der Waals surface area contributed by atoms with Crippen molar-refractivity contribution in [2.45, 2.75) is 52.4 Å². The molecule has 0 saturated heterocycles. The van der Waals surface area contributed by atoms with E-state index in [-0.39, 0.29) is 0 Å². The summed E-state index contributed by atoms with van der Waals surface area (Å²) in [5.74, 6) is 0.591. The fraction of sp³-hybridized carbons (Fsp3) is 0.357. The van der Waals surface area contributed by atoms with Crippen LogP contribution in [-0.2, 0) is 10.8 Å². The summed E-state index contributed by atoms with van der Waals surface area (Å²) in [4.78, 5) is 0. The van der Waals surface area contributed by atoms with Crippen molar-refractivity contribution in [3.05, 3.63) is 59.7 Å². The summed E-state index contributed by atoms with van der Waals surface area (Å²) in [5.41, 5.74) is -1.22. The Bertz CT molecular complexity index is 1250. The van der Waals surface area contributed by atoms with E-state index in [0.717, 1.165) is 0 Å². The van der Waals surface area contributed by atoms with Crippen LogP contribution in [0.1, 0.15) is 52.7 Å². The van der Waals surface area contributed by atoms with Gasteiger partial charge in [-0.3, -0.25) is 0 Å². The van der Waals surface area contributed by atoms with E-state index < -0.39 is 21.7 Å². The highest BCUT2D eigenvalue weighted by Gasteiger charge is 2.45. The van der Waals surface area contributed by atoms with Crippen LogP contribution < -0.4 is 0 Å². The molecule has 7 nitrogen and oxygen atoms in total. The van der Waals surface area contributed by atoms with Crippen molar-refractivity contribution in [1.29, 1.82) is 21.0 Å². The lowest BCUT2D eigenvalue weighted by atomic mass is 9.64. The van der Waals surface area contributed by atoms with Crippen molar-refractivity contribution in [3.63, 3.8) is 0 Å². The number of rotatable bonds is 4. The first-order chi connectivity index (χ1) is 16.4. The van der Waals surface area contributed by atoms with Crippen molar-refractivity contribution in [2.24, 2.45) is 10.8 Å². The van der Waals surface area contributed by atoms with E-state index in [1.807, 2.05) is 41.5 Å². The average molecular weight is 463 g/mol. The van der Waals surface area contributed by atoms with Crippen LogP contribution in [0.5, 0.6) is 0 Å². The van der Waals surface area contributed by atoms with Gasteiger partial charge in [-0.25, -0.2) is 0 Å². The second kappa shape index (κ2) is 8.72.